The molecule has 90 valence electrons. The summed E-state index contributed by atoms with van der Waals surface area (Å²) in [5.41, 5.74) is 0. The van der Waals surface area contributed by atoms with E-state index in [-0.39, 0.29) is 18.0 Å². The van der Waals surface area contributed by atoms with Crippen LogP contribution in [0.5, 0.6) is 0 Å². The van der Waals surface area contributed by atoms with Gasteiger partial charge in [0, 0.05) is 24.7 Å². The van der Waals surface area contributed by atoms with Gasteiger partial charge in [0.25, 0.3) is 0 Å². The molecule has 0 spiro atoms. The minimum absolute atomic E-state index is 0.0116. The minimum atomic E-state index is -0.288. The molecule has 6 nitrogen and oxygen atoms in total. The van der Waals surface area contributed by atoms with E-state index in [1.54, 1.807) is 16.7 Å². The summed E-state index contributed by atoms with van der Waals surface area (Å²) in [5, 5.41) is 5.90. The molecule has 0 bridgehead atoms. The average molecular weight is 245 g/mol. The number of cyclic esters (lactones) is 1. The second kappa shape index (κ2) is 5.40. The number of hydrogen-bond acceptors (Lipinski definition) is 5. The number of carbonyl (C=O) groups excluding carboxylic acids is 2. The smallest absolute Gasteiger partial charge is 0.409 e. The van der Waals surface area contributed by atoms with Crippen molar-refractivity contribution in [2.75, 3.05) is 37.9 Å². The summed E-state index contributed by atoms with van der Waals surface area (Å²) < 4.78 is 4.78. The summed E-state index contributed by atoms with van der Waals surface area (Å²) >= 11 is 1.71. The van der Waals surface area contributed by atoms with Crippen molar-refractivity contribution in [2.45, 2.75) is 6.04 Å². The van der Waals surface area contributed by atoms with E-state index in [1.807, 2.05) is 0 Å². The van der Waals surface area contributed by atoms with Gasteiger partial charge in [0.05, 0.1) is 12.6 Å². The molecule has 2 saturated heterocycles. The van der Waals surface area contributed by atoms with Crippen molar-refractivity contribution in [1.82, 2.24) is 15.5 Å². The molecule has 0 aromatic carbocycles. The van der Waals surface area contributed by atoms with Crippen LogP contribution in [0.15, 0.2) is 0 Å². The van der Waals surface area contributed by atoms with Crippen molar-refractivity contribution in [3.8, 4) is 0 Å². The summed E-state index contributed by atoms with van der Waals surface area (Å²) in [6.45, 7) is 2.07. The zero-order chi connectivity index (χ0) is 11.4. The van der Waals surface area contributed by atoms with E-state index in [0.29, 0.717) is 26.2 Å². The van der Waals surface area contributed by atoms with Crippen LogP contribution < -0.4 is 10.6 Å². The van der Waals surface area contributed by atoms with Gasteiger partial charge in [-0.15, -0.1) is 11.8 Å². The maximum atomic E-state index is 11.6. The number of thioether (sulfide) groups is 1. The van der Waals surface area contributed by atoms with Gasteiger partial charge in [-0.2, -0.15) is 0 Å². The first-order valence-corrected chi connectivity index (χ1v) is 6.43. The third-order valence-electron chi connectivity index (χ3n) is 2.56. The lowest BCUT2D eigenvalue weighted by molar-refractivity contribution is -0.122. The maximum absolute atomic E-state index is 11.6. The highest BCUT2D eigenvalue weighted by molar-refractivity contribution is 7.99. The molecule has 0 aliphatic carbocycles. The molecule has 2 fully saturated rings. The van der Waals surface area contributed by atoms with Gasteiger partial charge in [-0.05, 0) is 0 Å². The fourth-order valence-corrected chi connectivity index (χ4v) is 2.57. The quantitative estimate of drug-likeness (QED) is 0.680. The van der Waals surface area contributed by atoms with Crippen molar-refractivity contribution in [2.24, 2.45) is 0 Å². The third-order valence-corrected chi connectivity index (χ3v) is 3.50. The largest absolute Gasteiger partial charge is 0.448 e. The van der Waals surface area contributed by atoms with Crippen LogP contribution in [-0.2, 0) is 9.53 Å². The Morgan fingerprint density at radius 2 is 2.56 bits per heavy atom. The lowest BCUT2D eigenvalue weighted by atomic mass is 10.3. The number of rotatable bonds is 4. The molecule has 2 amide bonds. The Bertz CT molecular complexity index is 281. The van der Waals surface area contributed by atoms with Gasteiger partial charge < -0.3 is 15.0 Å². The summed E-state index contributed by atoms with van der Waals surface area (Å²) in [6, 6.07) is -0.0875. The summed E-state index contributed by atoms with van der Waals surface area (Å²) in [4.78, 5) is 24.3. The summed E-state index contributed by atoms with van der Waals surface area (Å²) in [6.07, 6.45) is -0.288. The van der Waals surface area contributed by atoms with Crippen molar-refractivity contribution in [1.29, 1.82) is 0 Å². The first kappa shape index (κ1) is 11.5. The lowest BCUT2D eigenvalue weighted by Crippen LogP contribution is -2.44. The molecule has 1 unspecified atom stereocenters. The van der Waals surface area contributed by atoms with Gasteiger partial charge in [-0.1, -0.05) is 0 Å². The number of hydrogen-bond donors (Lipinski definition) is 2. The molecule has 2 heterocycles. The molecule has 2 N–H and O–H groups in total. The molecule has 0 radical (unpaired) electrons. The number of nitrogens with one attached hydrogen (secondary N) is 2. The molecule has 0 saturated carbocycles. The van der Waals surface area contributed by atoms with E-state index in [4.69, 9.17) is 4.74 Å². The highest BCUT2D eigenvalue weighted by atomic mass is 32.2. The molecule has 0 aromatic heterocycles. The van der Waals surface area contributed by atoms with Gasteiger partial charge in [-0.25, -0.2) is 4.79 Å². The van der Waals surface area contributed by atoms with Gasteiger partial charge in [0.1, 0.15) is 6.61 Å². The molecule has 2 aliphatic heterocycles. The highest BCUT2D eigenvalue weighted by Gasteiger charge is 2.24. The van der Waals surface area contributed by atoms with Gasteiger partial charge in [-0.3, -0.25) is 10.1 Å². The Kier molecular flexibility index (Phi) is 3.89. The Labute approximate surface area is 98.1 Å². The Morgan fingerprint density at radius 1 is 1.69 bits per heavy atom. The molecule has 2 rings (SSSR count). The summed E-state index contributed by atoms with van der Waals surface area (Å²) in [5.74, 6) is 1.66. The van der Waals surface area contributed by atoms with Crippen molar-refractivity contribution >= 4 is 23.8 Å². The predicted molar refractivity (Wildman–Crippen MR) is 60.2 cm³/mol. The average Bonchev–Trinajstić information content (AvgIpc) is 2.90. The van der Waals surface area contributed by atoms with Crippen LogP contribution in [0.1, 0.15) is 0 Å². The highest BCUT2D eigenvalue weighted by Crippen LogP contribution is 2.09. The maximum Gasteiger partial charge on any atom is 0.409 e. The normalized spacial score (nSPS) is 24.6. The SMILES string of the molecule is O=C(NCCN1CCOC1=O)C1CSCN1. The van der Waals surface area contributed by atoms with E-state index >= 15 is 0 Å². The van der Waals surface area contributed by atoms with Crippen LogP contribution in [0.25, 0.3) is 0 Å². The van der Waals surface area contributed by atoms with E-state index in [9.17, 15) is 9.59 Å². The van der Waals surface area contributed by atoms with E-state index in [1.165, 1.54) is 0 Å². The molecule has 2 aliphatic rings. The van der Waals surface area contributed by atoms with E-state index in [2.05, 4.69) is 10.6 Å². The minimum Gasteiger partial charge on any atom is -0.448 e. The number of ether oxygens (including phenoxy) is 1. The van der Waals surface area contributed by atoms with E-state index < -0.39 is 0 Å². The number of amides is 2. The standard InChI is InChI=1S/C9H15N3O3S/c13-8(7-5-16-6-11-7)10-1-2-12-3-4-15-9(12)14/h7,11H,1-6H2,(H,10,13). The monoisotopic (exact) mass is 245 g/mol. The van der Waals surface area contributed by atoms with Gasteiger partial charge in [0.15, 0.2) is 0 Å². The number of nitrogens with zero attached hydrogens (tertiary/aromatic N) is 1. The molecule has 16 heavy (non-hydrogen) atoms. The molecular weight excluding hydrogens is 230 g/mol. The summed E-state index contributed by atoms with van der Waals surface area (Å²) in [7, 11) is 0. The van der Waals surface area contributed by atoms with Gasteiger partial charge in [0.2, 0.25) is 5.91 Å². The van der Waals surface area contributed by atoms with Crippen molar-refractivity contribution in [3.05, 3.63) is 0 Å². The van der Waals surface area contributed by atoms with Crippen LogP contribution in [-0.4, -0.2) is 60.8 Å². The molecule has 7 heteroatoms. The van der Waals surface area contributed by atoms with Crippen LogP contribution in [0.2, 0.25) is 0 Å². The Hall–Kier alpha value is -0.950. The first-order chi connectivity index (χ1) is 7.77. The van der Waals surface area contributed by atoms with Crippen LogP contribution >= 0.6 is 11.8 Å². The fraction of sp³-hybridized carbons (Fsp3) is 0.778. The van der Waals surface area contributed by atoms with Crippen LogP contribution in [0.3, 0.4) is 0 Å². The topological polar surface area (TPSA) is 70.7 Å². The fourth-order valence-electron chi connectivity index (χ4n) is 1.63. The van der Waals surface area contributed by atoms with Crippen LogP contribution in [0.4, 0.5) is 4.79 Å². The third kappa shape index (κ3) is 2.79. The van der Waals surface area contributed by atoms with Gasteiger partial charge >= 0.3 is 6.09 Å². The molecular formula is C9H15N3O3S. The second-order valence-corrected chi connectivity index (χ2v) is 4.69. The Balaban J connectivity index is 1.63. The van der Waals surface area contributed by atoms with Crippen LogP contribution in [0, 0.1) is 0 Å². The zero-order valence-electron chi connectivity index (χ0n) is 8.90. The second-order valence-electron chi connectivity index (χ2n) is 3.66. The van der Waals surface area contributed by atoms with Crippen molar-refractivity contribution in [3.63, 3.8) is 0 Å². The predicted octanol–water partition coefficient (Wildman–Crippen LogP) is -0.783. The zero-order valence-corrected chi connectivity index (χ0v) is 9.72. The van der Waals surface area contributed by atoms with E-state index in [0.717, 1.165) is 11.6 Å². The van der Waals surface area contributed by atoms with Crippen molar-refractivity contribution < 1.29 is 14.3 Å². The molecule has 1 atom stereocenters. The first-order valence-electron chi connectivity index (χ1n) is 5.28. The Morgan fingerprint density at radius 3 is 3.19 bits per heavy atom. The number of carbonyl (C=O) groups is 2. The lowest BCUT2D eigenvalue weighted by Gasteiger charge is -2.14. The molecule has 0 aromatic rings.